The minimum absolute atomic E-state index is 0.174. The van der Waals surface area contributed by atoms with Crippen LogP contribution in [0.3, 0.4) is 0 Å². The third-order valence-electron chi connectivity index (χ3n) is 5.76. The second kappa shape index (κ2) is 10.2. The van der Waals surface area contributed by atoms with E-state index in [1.165, 1.54) is 30.2 Å². The second-order valence-corrected chi connectivity index (χ2v) is 10.2. The monoisotopic (exact) mass is 546 g/mol. The highest BCUT2D eigenvalue weighted by Gasteiger charge is 2.27. The number of carbonyl (C=O) groups excluding carboxylic acids is 1. The Morgan fingerprint density at radius 3 is 2.70 bits per heavy atom. The number of nitriles is 1. The number of rotatable bonds is 6. The Morgan fingerprint density at radius 1 is 1.24 bits per heavy atom. The number of hydrogen-bond donors (Lipinski definition) is 1. The van der Waals surface area contributed by atoms with Crippen LogP contribution >= 0.6 is 34.7 Å². The fourth-order valence-electron chi connectivity index (χ4n) is 4.05. The molecule has 2 N–H and O–H groups in total. The minimum atomic E-state index is -0.583. The van der Waals surface area contributed by atoms with E-state index in [4.69, 9.17) is 32.0 Å². The maximum Gasteiger partial charge on any atom is 0.356 e. The molecule has 0 amide bonds. The molecule has 37 heavy (non-hydrogen) atoms. The zero-order valence-electron chi connectivity index (χ0n) is 19.7. The molecule has 0 unspecified atom stereocenters. The van der Waals surface area contributed by atoms with Gasteiger partial charge in [0.2, 0.25) is 0 Å². The lowest BCUT2D eigenvalue weighted by molar-refractivity contribution is 0.0591. The summed E-state index contributed by atoms with van der Waals surface area (Å²) in [4.78, 5) is 26.3. The average molecular weight is 547 g/mol. The standard InChI is InChI=1S/C26H19ClN6O2S2/c1-33-22(26(34)35-2)21(29)20-19(15-4-3-9-30-11-15)18(10-28)25(32-23(20)33)37-13-17-12-36-24(31-17)14-5-7-16(27)8-6-14/h3-9,11-12H,13,29H2,1-2H3. The number of ether oxygens (including phenoxy) is 1. The molecule has 184 valence electrons. The number of nitrogens with two attached hydrogens (primary N) is 1. The molecule has 0 atom stereocenters. The first-order chi connectivity index (χ1) is 17.9. The van der Waals surface area contributed by atoms with Crippen molar-refractivity contribution in [2.24, 2.45) is 7.05 Å². The number of nitrogens with zero attached hydrogens (tertiary/aromatic N) is 5. The Kier molecular flexibility index (Phi) is 6.84. The topological polar surface area (TPSA) is 120 Å². The highest BCUT2D eigenvalue weighted by Crippen LogP contribution is 2.41. The van der Waals surface area contributed by atoms with E-state index in [9.17, 15) is 10.1 Å². The predicted octanol–water partition coefficient (Wildman–Crippen LogP) is 5.94. The largest absolute Gasteiger partial charge is 0.464 e. The molecule has 5 rings (SSSR count). The number of nitrogen functional groups attached to an aromatic ring is 1. The fraction of sp³-hybridized carbons (Fsp3) is 0.115. The molecule has 0 bridgehead atoms. The van der Waals surface area contributed by atoms with E-state index < -0.39 is 5.97 Å². The first-order valence-electron chi connectivity index (χ1n) is 11.0. The van der Waals surface area contributed by atoms with Crippen molar-refractivity contribution in [2.45, 2.75) is 10.8 Å². The lowest BCUT2D eigenvalue weighted by Gasteiger charge is -2.11. The lowest BCUT2D eigenvalue weighted by Crippen LogP contribution is -2.10. The third kappa shape index (κ3) is 4.53. The quantitative estimate of drug-likeness (QED) is 0.205. The molecule has 4 heterocycles. The van der Waals surface area contributed by atoms with E-state index in [0.29, 0.717) is 43.5 Å². The summed E-state index contributed by atoms with van der Waals surface area (Å²) in [6, 6.07) is 13.5. The maximum atomic E-state index is 12.5. The Bertz CT molecular complexity index is 1670. The van der Waals surface area contributed by atoms with Gasteiger partial charge >= 0.3 is 5.97 Å². The molecule has 8 nitrogen and oxygen atoms in total. The molecule has 1 aromatic carbocycles. The SMILES string of the molecule is COC(=O)c1c(N)c2c(-c3cccnc3)c(C#N)c(SCc3csc(-c4ccc(Cl)cc4)n3)nc2n1C. The summed E-state index contributed by atoms with van der Waals surface area (Å²) in [7, 11) is 2.99. The van der Waals surface area contributed by atoms with Gasteiger partial charge in [-0.3, -0.25) is 4.98 Å². The molecule has 0 fully saturated rings. The van der Waals surface area contributed by atoms with Crippen LogP contribution in [0.1, 0.15) is 21.7 Å². The van der Waals surface area contributed by atoms with E-state index in [0.717, 1.165) is 16.3 Å². The molecule has 0 aliphatic carbocycles. The summed E-state index contributed by atoms with van der Waals surface area (Å²) < 4.78 is 6.55. The Hall–Kier alpha value is -3.91. The normalized spacial score (nSPS) is 11.0. The fourth-order valence-corrected chi connectivity index (χ4v) is 5.98. The number of fused-ring (bicyclic) bond motifs is 1. The average Bonchev–Trinajstić information content (AvgIpc) is 3.49. The van der Waals surface area contributed by atoms with Crippen molar-refractivity contribution in [1.82, 2.24) is 19.5 Å². The Morgan fingerprint density at radius 2 is 2.03 bits per heavy atom. The molecular weight excluding hydrogens is 528 g/mol. The van der Waals surface area contributed by atoms with Crippen molar-refractivity contribution in [3.8, 4) is 27.8 Å². The van der Waals surface area contributed by atoms with Gasteiger partial charge in [-0.15, -0.1) is 11.3 Å². The van der Waals surface area contributed by atoms with Crippen LogP contribution in [0.2, 0.25) is 5.02 Å². The number of anilines is 1. The molecule has 4 aromatic heterocycles. The maximum absolute atomic E-state index is 12.5. The van der Waals surface area contributed by atoms with Crippen molar-refractivity contribution in [1.29, 1.82) is 5.26 Å². The summed E-state index contributed by atoms with van der Waals surface area (Å²) in [5, 5.41) is 14.8. The summed E-state index contributed by atoms with van der Waals surface area (Å²) in [6.07, 6.45) is 3.31. The zero-order valence-corrected chi connectivity index (χ0v) is 22.1. The van der Waals surface area contributed by atoms with Gasteiger partial charge in [0.25, 0.3) is 0 Å². The first kappa shape index (κ1) is 24.8. The van der Waals surface area contributed by atoms with Crippen LogP contribution in [-0.4, -0.2) is 32.6 Å². The number of esters is 1. The number of aryl methyl sites for hydroxylation is 1. The van der Waals surface area contributed by atoms with Crippen LogP contribution in [0.15, 0.2) is 59.2 Å². The summed E-state index contributed by atoms with van der Waals surface area (Å²) >= 11 is 8.94. The van der Waals surface area contributed by atoms with Crippen LogP contribution < -0.4 is 5.73 Å². The third-order valence-corrected chi connectivity index (χ3v) is 7.96. The molecule has 0 spiro atoms. The molecule has 0 radical (unpaired) electrons. The van der Waals surface area contributed by atoms with E-state index in [1.807, 2.05) is 35.7 Å². The van der Waals surface area contributed by atoms with Gasteiger partial charge < -0.3 is 15.0 Å². The van der Waals surface area contributed by atoms with Crippen molar-refractivity contribution in [2.75, 3.05) is 12.8 Å². The number of pyridine rings is 2. The molecule has 0 saturated carbocycles. The zero-order chi connectivity index (χ0) is 26.1. The van der Waals surface area contributed by atoms with Crippen LogP contribution in [0, 0.1) is 11.3 Å². The van der Waals surface area contributed by atoms with Gasteiger partial charge in [0.1, 0.15) is 21.7 Å². The molecule has 0 aliphatic heterocycles. The predicted molar refractivity (Wildman–Crippen MR) is 147 cm³/mol. The number of hydrogen-bond acceptors (Lipinski definition) is 9. The lowest BCUT2D eigenvalue weighted by atomic mass is 9.99. The molecule has 0 aliphatic rings. The van der Waals surface area contributed by atoms with Crippen LogP contribution in [0.25, 0.3) is 32.7 Å². The number of benzene rings is 1. The van der Waals surface area contributed by atoms with Crippen molar-refractivity contribution < 1.29 is 9.53 Å². The second-order valence-electron chi connectivity index (χ2n) is 7.97. The first-order valence-corrected chi connectivity index (χ1v) is 13.2. The van der Waals surface area contributed by atoms with E-state index in [2.05, 4.69) is 11.1 Å². The summed E-state index contributed by atoms with van der Waals surface area (Å²) in [6.45, 7) is 0. The van der Waals surface area contributed by atoms with E-state index in [1.54, 1.807) is 30.1 Å². The number of methoxy groups -OCH3 is 1. The van der Waals surface area contributed by atoms with E-state index in [-0.39, 0.29) is 11.4 Å². The highest BCUT2D eigenvalue weighted by atomic mass is 35.5. The smallest absolute Gasteiger partial charge is 0.356 e. The van der Waals surface area contributed by atoms with Gasteiger partial charge in [-0.25, -0.2) is 14.8 Å². The number of aromatic nitrogens is 4. The molecule has 5 aromatic rings. The van der Waals surface area contributed by atoms with Crippen LogP contribution in [0.5, 0.6) is 0 Å². The van der Waals surface area contributed by atoms with Gasteiger partial charge in [0.05, 0.1) is 29.4 Å². The number of thiazole rings is 1. The number of carbonyl (C=O) groups is 1. The minimum Gasteiger partial charge on any atom is -0.464 e. The van der Waals surface area contributed by atoms with Crippen molar-refractivity contribution >= 4 is 57.4 Å². The van der Waals surface area contributed by atoms with Crippen molar-refractivity contribution in [3.05, 3.63) is 76.1 Å². The highest BCUT2D eigenvalue weighted by molar-refractivity contribution is 7.98. The Balaban J connectivity index is 1.60. The summed E-state index contributed by atoms with van der Waals surface area (Å²) in [5.74, 6) is -0.0897. The van der Waals surface area contributed by atoms with Gasteiger partial charge in [-0.2, -0.15) is 5.26 Å². The number of halogens is 1. The van der Waals surface area contributed by atoms with Crippen LogP contribution in [0.4, 0.5) is 5.69 Å². The van der Waals surface area contributed by atoms with Gasteiger partial charge in [0.15, 0.2) is 5.69 Å². The molecule has 11 heteroatoms. The Labute approximate surface area is 225 Å². The molecule has 0 saturated heterocycles. The van der Waals surface area contributed by atoms with Crippen LogP contribution in [-0.2, 0) is 17.5 Å². The van der Waals surface area contributed by atoms with Crippen molar-refractivity contribution in [3.63, 3.8) is 0 Å². The molecular formula is C26H19ClN6O2S2. The van der Waals surface area contributed by atoms with Gasteiger partial charge in [-0.1, -0.05) is 41.6 Å². The summed E-state index contributed by atoms with van der Waals surface area (Å²) in [5.41, 5.74) is 10.8. The van der Waals surface area contributed by atoms with Gasteiger partial charge in [-0.05, 0) is 18.2 Å². The number of thioether (sulfide) groups is 1. The van der Waals surface area contributed by atoms with E-state index >= 15 is 0 Å². The van der Waals surface area contributed by atoms with Gasteiger partial charge in [0, 0.05) is 52.3 Å².